The van der Waals surface area contributed by atoms with Gasteiger partial charge in [0.2, 0.25) is 0 Å². The highest BCUT2D eigenvalue weighted by Gasteiger charge is 2.20. The van der Waals surface area contributed by atoms with Crippen LogP contribution < -0.4 is 32.2 Å². The summed E-state index contributed by atoms with van der Waals surface area (Å²) in [5.41, 5.74) is 10.6. The highest BCUT2D eigenvalue weighted by Crippen LogP contribution is 2.18. The second-order valence-electron chi connectivity index (χ2n) is 16.0. The Bertz CT molecular complexity index is 2260. The molecule has 0 radical (unpaired) electrons. The predicted octanol–water partition coefficient (Wildman–Crippen LogP) is 3.92. The number of likely N-dealkylation sites (tertiary alicyclic amines) is 2. The number of piperidine rings is 2. The van der Waals surface area contributed by atoms with Crippen LogP contribution in [0.15, 0.2) is 70.8 Å². The van der Waals surface area contributed by atoms with Gasteiger partial charge in [-0.3, -0.25) is 29.9 Å². The van der Waals surface area contributed by atoms with Gasteiger partial charge in [0, 0.05) is 69.2 Å². The highest BCUT2D eigenvalue weighted by atomic mass is 16.6. The summed E-state index contributed by atoms with van der Waals surface area (Å²) in [6.07, 6.45) is 10.3. The van der Waals surface area contributed by atoms with Crippen molar-refractivity contribution >= 4 is 34.0 Å². The van der Waals surface area contributed by atoms with Gasteiger partial charge < -0.3 is 39.5 Å². The number of nitrogens with one attached hydrogen (secondary N) is 2. The van der Waals surface area contributed by atoms with Crippen LogP contribution in [0, 0.1) is 6.92 Å². The molecule has 5 aromatic heterocycles. The molecule has 0 spiro atoms. The molecule has 0 aliphatic carbocycles. The van der Waals surface area contributed by atoms with E-state index in [2.05, 4.69) is 40.4 Å². The number of fused-ring (bicyclic) bond motifs is 2. The van der Waals surface area contributed by atoms with Crippen LogP contribution in [0.4, 0.5) is 10.6 Å². The van der Waals surface area contributed by atoms with Crippen LogP contribution in [0.5, 0.6) is 5.75 Å². The largest absolute Gasteiger partial charge is 0.495 e. The van der Waals surface area contributed by atoms with E-state index in [-0.39, 0.29) is 11.1 Å². The van der Waals surface area contributed by atoms with E-state index >= 15 is 0 Å². The molecule has 0 saturated carbocycles. The molecule has 2 saturated heterocycles. The van der Waals surface area contributed by atoms with Crippen LogP contribution in [0.1, 0.15) is 57.7 Å². The number of nitrogens with zero attached hydrogens (tertiary/aromatic N) is 8. The molecule has 0 atom stereocenters. The minimum atomic E-state index is -0.568. The number of hydrogen-bond acceptors (Lipinski definition) is 13. The van der Waals surface area contributed by atoms with Crippen molar-refractivity contribution in [3.8, 4) is 5.75 Å². The van der Waals surface area contributed by atoms with Crippen LogP contribution >= 0.6 is 0 Å². The van der Waals surface area contributed by atoms with Gasteiger partial charge >= 0.3 is 6.09 Å². The number of carbonyl (C=O) groups excluding carboxylic acids is 1. The maximum Gasteiger partial charge on any atom is 0.413 e. The summed E-state index contributed by atoms with van der Waals surface area (Å²) in [6.45, 7) is 15.0. The fraction of sp³-hybridized carbons (Fsp3) is 0.500. The average molecular weight is 796 g/mol. The van der Waals surface area contributed by atoms with E-state index in [4.69, 9.17) is 15.2 Å². The molecule has 2 fully saturated rings. The van der Waals surface area contributed by atoms with Crippen LogP contribution in [-0.4, -0.2) is 109 Å². The quantitative estimate of drug-likeness (QED) is 0.175. The number of rotatable bonds is 11. The van der Waals surface area contributed by atoms with Crippen LogP contribution in [0.2, 0.25) is 0 Å². The van der Waals surface area contributed by atoms with Crippen molar-refractivity contribution in [2.75, 3.05) is 51.7 Å². The molecule has 16 heteroatoms. The third kappa shape index (κ3) is 11.9. The lowest BCUT2D eigenvalue weighted by Gasteiger charge is -2.32. The minimum Gasteiger partial charge on any atom is -0.495 e. The van der Waals surface area contributed by atoms with Gasteiger partial charge in [0.1, 0.15) is 11.4 Å². The molecule has 0 bridgehead atoms. The van der Waals surface area contributed by atoms with Gasteiger partial charge in [-0.15, -0.1) is 0 Å². The highest BCUT2D eigenvalue weighted by molar-refractivity contribution is 5.83. The summed E-state index contributed by atoms with van der Waals surface area (Å²) in [5.74, 6) is 1.02. The normalized spacial score (nSPS) is 15.9. The molecule has 7 heterocycles. The third-order valence-corrected chi connectivity index (χ3v) is 10.4. The third-order valence-electron chi connectivity index (χ3n) is 10.4. The smallest absolute Gasteiger partial charge is 0.413 e. The molecular weight excluding hydrogens is 739 g/mol. The van der Waals surface area contributed by atoms with E-state index in [1.54, 1.807) is 48.3 Å². The van der Waals surface area contributed by atoms with E-state index in [1.807, 2.05) is 50.6 Å². The van der Waals surface area contributed by atoms with Crippen molar-refractivity contribution in [1.29, 1.82) is 0 Å². The van der Waals surface area contributed by atoms with E-state index in [0.29, 0.717) is 43.3 Å². The van der Waals surface area contributed by atoms with Crippen molar-refractivity contribution in [3.05, 3.63) is 93.2 Å². The number of methoxy groups -OCH3 is 1. The zero-order valence-electron chi connectivity index (χ0n) is 34.3. The van der Waals surface area contributed by atoms with Crippen LogP contribution in [0.3, 0.4) is 0 Å². The Labute approximate surface area is 338 Å². The molecule has 58 heavy (non-hydrogen) atoms. The van der Waals surface area contributed by atoms with Crippen molar-refractivity contribution in [2.24, 2.45) is 5.73 Å². The molecule has 4 N–H and O–H groups in total. The van der Waals surface area contributed by atoms with Gasteiger partial charge in [0.05, 0.1) is 53.5 Å². The van der Waals surface area contributed by atoms with E-state index in [1.165, 1.54) is 6.20 Å². The molecule has 0 unspecified atom stereocenters. The van der Waals surface area contributed by atoms with E-state index < -0.39 is 11.7 Å². The Morgan fingerprint density at radius 3 is 1.93 bits per heavy atom. The summed E-state index contributed by atoms with van der Waals surface area (Å²) in [5, 5.41) is 6.15. The average Bonchev–Trinajstić information content (AvgIpc) is 3.20. The Hall–Kier alpha value is -5.29. The number of hydrogen-bond donors (Lipinski definition) is 3. The maximum atomic E-state index is 12.5. The van der Waals surface area contributed by atoms with Crippen molar-refractivity contribution in [3.63, 3.8) is 0 Å². The van der Waals surface area contributed by atoms with Gasteiger partial charge in [-0.2, -0.15) is 0 Å². The Morgan fingerprint density at radius 2 is 1.36 bits per heavy atom. The Morgan fingerprint density at radius 1 is 0.776 bits per heavy atom. The van der Waals surface area contributed by atoms with Gasteiger partial charge in [-0.05, 0) is 103 Å². The first kappa shape index (κ1) is 42.3. The lowest BCUT2D eigenvalue weighted by Crippen LogP contribution is -2.43. The minimum absolute atomic E-state index is 0.00346. The number of aromatic nitrogens is 6. The summed E-state index contributed by atoms with van der Waals surface area (Å²) in [6, 6.07) is 11.4. The molecule has 2 aliphatic rings. The van der Waals surface area contributed by atoms with Crippen molar-refractivity contribution < 1.29 is 14.3 Å². The second-order valence-corrected chi connectivity index (χ2v) is 16.0. The van der Waals surface area contributed by atoms with Crippen molar-refractivity contribution in [1.82, 2.24) is 44.2 Å². The lowest BCUT2D eigenvalue weighted by atomic mass is 10.0. The number of ether oxygens (including phenoxy) is 2. The molecule has 5 aromatic rings. The molecule has 7 rings (SSSR count). The SMILES string of the molecule is COc1cnc2ccc(=O)n(CCN3CCC(N)CC3)c2c1.Cc1cnc2ccc(=O)n(CCN3CCC(NCc4cnc(NC(=O)OC(C)(C)C)cn4)CC3)c2c1. The number of aryl methyl sites for hydroxylation is 1. The number of anilines is 1. The topological polar surface area (TPSA) is 188 Å². The van der Waals surface area contributed by atoms with Gasteiger partial charge in [0.15, 0.2) is 5.82 Å². The maximum absolute atomic E-state index is 12.5. The Balaban J connectivity index is 0.000000220. The van der Waals surface area contributed by atoms with Crippen LogP contribution in [0.25, 0.3) is 22.1 Å². The molecular formula is C42H57N11O5. The molecule has 0 aromatic carbocycles. The number of pyridine rings is 4. The van der Waals surface area contributed by atoms with Gasteiger partial charge in [0.25, 0.3) is 11.1 Å². The molecule has 2 aliphatic heterocycles. The molecule has 1 amide bonds. The van der Waals surface area contributed by atoms with E-state index in [9.17, 15) is 14.4 Å². The summed E-state index contributed by atoms with van der Waals surface area (Å²) in [7, 11) is 1.60. The number of nitrogens with two attached hydrogens (primary N) is 1. The number of amides is 1. The predicted molar refractivity (Wildman–Crippen MR) is 225 cm³/mol. The lowest BCUT2D eigenvalue weighted by molar-refractivity contribution is 0.0635. The first-order valence-corrected chi connectivity index (χ1v) is 20.1. The first-order chi connectivity index (χ1) is 27.8. The fourth-order valence-electron chi connectivity index (χ4n) is 7.18. The summed E-state index contributed by atoms with van der Waals surface area (Å²) < 4.78 is 14.1. The van der Waals surface area contributed by atoms with Gasteiger partial charge in [-0.25, -0.2) is 9.78 Å². The Kier molecular flexibility index (Phi) is 14.2. The number of carbonyl (C=O) groups is 1. The van der Waals surface area contributed by atoms with Gasteiger partial charge in [-0.1, -0.05) is 0 Å². The zero-order valence-corrected chi connectivity index (χ0v) is 34.3. The fourth-order valence-corrected chi connectivity index (χ4v) is 7.18. The standard InChI is InChI=1S/C26H35N7O3.C16H22N4O2/c1-18-13-22-21(29-14-18)5-6-24(34)33(22)12-11-32-9-7-19(8-10-32)27-15-20-16-30-23(17-28-20)31-25(35)36-26(2,3)4;1-22-13-10-15-14(18-11-13)2-3-16(21)20(15)9-8-19-6-4-12(17)5-7-19/h5-6,13-14,16-17,19,27H,7-12,15H2,1-4H3,(H,30,31,35);2-3,10-12H,4-9,17H2,1H3. The first-order valence-electron chi connectivity index (χ1n) is 20.1. The molecule has 310 valence electrons. The van der Waals surface area contributed by atoms with Crippen molar-refractivity contribution in [2.45, 2.75) is 90.7 Å². The van der Waals surface area contributed by atoms with Crippen LogP contribution in [-0.2, 0) is 24.4 Å². The summed E-state index contributed by atoms with van der Waals surface area (Å²) >= 11 is 0. The monoisotopic (exact) mass is 795 g/mol. The molecule has 16 nitrogen and oxygen atoms in total. The van der Waals surface area contributed by atoms with E-state index in [0.717, 1.165) is 98.3 Å². The zero-order chi connectivity index (χ0) is 41.2. The second kappa shape index (κ2) is 19.4. The summed E-state index contributed by atoms with van der Waals surface area (Å²) in [4.78, 5) is 58.8.